The molecule has 0 amide bonds. The Bertz CT molecular complexity index is 1050. The molecule has 0 bridgehead atoms. The third-order valence-corrected chi connectivity index (χ3v) is 5.65. The van der Waals surface area contributed by atoms with Crippen LogP contribution in [0.4, 0.5) is 15.9 Å². The van der Waals surface area contributed by atoms with Crippen molar-refractivity contribution in [2.24, 2.45) is 10.9 Å². The van der Waals surface area contributed by atoms with Gasteiger partial charge in [0.25, 0.3) is 0 Å². The van der Waals surface area contributed by atoms with E-state index in [1.165, 1.54) is 30.5 Å². The first kappa shape index (κ1) is 18.0. The van der Waals surface area contributed by atoms with Gasteiger partial charge >= 0.3 is 0 Å². The van der Waals surface area contributed by atoms with Crippen LogP contribution in [0.15, 0.2) is 45.9 Å². The lowest BCUT2D eigenvalue weighted by atomic mass is 9.99. The minimum Gasteiger partial charge on any atom is -0.420 e. The van der Waals surface area contributed by atoms with Gasteiger partial charge in [0.05, 0.1) is 18.3 Å². The van der Waals surface area contributed by atoms with Crippen LogP contribution in [0.25, 0.3) is 11.5 Å². The Morgan fingerprint density at radius 2 is 1.93 bits per heavy atom. The molecule has 5 rings (SSSR count). The molecule has 3 aromatic rings. The van der Waals surface area contributed by atoms with Crippen LogP contribution in [0.3, 0.4) is 0 Å². The molecule has 0 unspecified atom stereocenters. The van der Waals surface area contributed by atoms with Crippen LogP contribution in [0, 0.1) is 11.7 Å². The summed E-state index contributed by atoms with van der Waals surface area (Å²) in [5.41, 5.74) is 3.81. The van der Waals surface area contributed by atoms with Gasteiger partial charge in [-0.1, -0.05) is 6.92 Å². The number of piperidine rings is 1. The number of halogens is 1. The highest BCUT2D eigenvalue weighted by Crippen LogP contribution is 2.31. The number of benzene rings is 1. The minimum atomic E-state index is -0.293. The van der Waals surface area contributed by atoms with Crippen molar-refractivity contribution in [3.8, 4) is 11.5 Å². The molecule has 2 aliphatic heterocycles. The number of aromatic nitrogens is 3. The van der Waals surface area contributed by atoms with Crippen molar-refractivity contribution in [3.63, 3.8) is 0 Å². The molecule has 4 heterocycles. The van der Waals surface area contributed by atoms with Gasteiger partial charge in [0.15, 0.2) is 0 Å². The molecule has 0 atom stereocenters. The van der Waals surface area contributed by atoms with Gasteiger partial charge in [-0.15, -0.1) is 10.2 Å². The third-order valence-electron chi connectivity index (χ3n) is 5.65. The monoisotopic (exact) mass is 391 g/mol. The van der Waals surface area contributed by atoms with Crippen LogP contribution in [0.1, 0.15) is 31.2 Å². The summed E-state index contributed by atoms with van der Waals surface area (Å²) in [7, 11) is 0. The van der Waals surface area contributed by atoms with Crippen molar-refractivity contribution in [3.05, 3.63) is 53.8 Å². The Morgan fingerprint density at radius 1 is 1.14 bits per heavy atom. The highest BCUT2D eigenvalue weighted by atomic mass is 19.1. The van der Waals surface area contributed by atoms with E-state index in [9.17, 15) is 4.39 Å². The van der Waals surface area contributed by atoms with E-state index in [1.807, 2.05) is 6.20 Å². The lowest BCUT2D eigenvalue weighted by Crippen LogP contribution is -2.33. The average Bonchev–Trinajstić information content (AvgIpc) is 3.35. The molecular formula is C22H22FN5O. The average molecular weight is 391 g/mol. The lowest BCUT2D eigenvalue weighted by Gasteiger charge is -2.31. The molecule has 148 valence electrons. The highest BCUT2D eigenvalue weighted by Gasteiger charge is 2.22. The van der Waals surface area contributed by atoms with Crippen LogP contribution in [-0.2, 0) is 12.8 Å². The summed E-state index contributed by atoms with van der Waals surface area (Å²) < 4.78 is 18.8. The van der Waals surface area contributed by atoms with E-state index in [0.717, 1.165) is 42.6 Å². The molecule has 6 nitrogen and oxygen atoms in total. The second kappa shape index (κ2) is 7.39. The number of rotatable bonds is 4. The molecule has 7 heteroatoms. The Kier molecular flexibility index (Phi) is 4.58. The van der Waals surface area contributed by atoms with Crippen molar-refractivity contribution >= 4 is 17.2 Å². The van der Waals surface area contributed by atoms with E-state index in [4.69, 9.17) is 9.41 Å². The standard InChI is InChI=1S/C22H22FN5O/c1-14-6-8-28(9-7-14)20-11-16-10-18(25-19(16)13-24-20)12-21-26-27-22(29-21)15-2-4-17(23)5-3-15/h2-5,11,13-14H,6-10,12H2,1H3. The first-order valence-electron chi connectivity index (χ1n) is 10.0. The van der Waals surface area contributed by atoms with Crippen LogP contribution in [-0.4, -0.2) is 34.0 Å². The Balaban J connectivity index is 1.27. The summed E-state index contributed by atoms with van der Waals surface area (Å²) in [6, 6.07) is 8.18. The Labute approximate surface area is 168 Å². The number of fused-ring (bicyclic) bond motifs is 1. The molecule has 1 fully saturated rings. The fourth-order valence-corrected chi connectivity index (χ4v) is 3.87. The van der Waals surface area contributed by atoms with Crippen molar-refractivity contribution in [1.82, 2.24) is 15.2 Å². The largest absolute Gasteiger partial charge is 0.420 e. The van der Waals surface area contributed by atoms with Crippen LogP contribution >= 0.6 is 0 Å². The zero-order valence-electron chi connectivity index (χ0n) is 16.3. The van der Waals surface area contributed by atoms with Gasteiger partial charge in [-0.3, -0.25) is 4.99 Å². The summed E-state index contributed by atoms with van der Waals surface area (Å²) in [5, 5.41) is 8.20. The third kappa shape index (κ3) is 3.77. The predicted octanol–water partition coefficient (Wildman–Crippen LogP) is 4.38. The van der Waals surface area contributed by atoms with Gasteiger partial charge in [-0.2, -0.15) is 0 Å². The smallest absolute Gasteiger partial charge is 0.247 e. The Morgan fingerprint density at radius 3 is 2.72 bits per heavy atom. The fraction of sp³-hybridized carbons (Fsp3) is 0.364. The summed E-state index contributed by atoms with van der Waals surface area (Å²) >= 11 is 0. The first-order valence-corrected chi connectivity index (χ1v) is 10.0. The summed E-state index contributed by atoms with van der Waals surface area (Å²) in [6.45, 7) is 4.44. The molecule has 0 radical (unpaired) electrons. The molecule has 2 aliphatic rings. The summed E-state index contributed by atoms with van der Waals surface area (Å²) in [4.78, 5) is 11.7. The van der Waals surface area contributed by atoms with E-state index in [-0.39, 0.29) is 5.82 Å². The fourth-order valence-electron chi connectivity index (χ4n) is 3.87. The maximum absolute atomic E-state index is 13.1. The molecule has 2 aromatic heterocycles. The van der Waals surface area contributed by atoms with Crippen molar-refractivity contribution in [1.29, 1.82) is 0 Å². The zero-order valence-corrected chi connectivity index (χ0v) is 16.3. The second-order valence-corrected chi connectivity index (χ2v) is 7.88. The topological polar surface area (TPSA) is 67.4 Å². The number of nitrogens with zero attached hydrogens (tertiary/aromatic N) is 5. The molecule has 0 spiro atoms. The quantitative estimate of drug-likeness (QED) is 0.660. The Hall–Kier alpha value is -3.09. The van der Waals surface area contributed by atoms with Gasteiger partial charge in [0.2, 0.25) is 11.8 Å². The molecule has 1 saturated heterocycles. The van der Waals surface area contributed by atoms with E-state index < -0.39 is 0 Å². The van der Waals surface area contributed by atoms with E-state index >= 15 is 0 Å². The van der Waals surface area contributed by atoms with E-state index in [1.54, 1.807) is 12.1 Å². The van der Waals surface area contributed by atoms with E-state index in [0.29, 0.717) is 23.8 Å². The predicted molar refractivity (Wildman–Crippen MR) is 109 cm³/mol. The normalized spacial score (nSPS) is 16.8. The summed E-state index contributed by atoms with van der Waals surface area (Å²) in [6.07, 6.45) is 5.57. The number of hydrogen-bond acceptors (Lipinski definition) is 6. The van der Waals surface area contributed by atoms with Gasteiger partial charge < -0.3 is 9.32 Å². The number of aliphatic imine (C=N–C) groups is 1. The van der Waals surface area contributed by atoms with Crippen LogP contribution in [0.5, 0.6) is 0 Å². The molecule has 1 aromatic carbocycles. The van der Waals surface area contributed by atoms with Gasteiger partial charge in [0, 0.05) is 30.8 Å². The number of anilines is 1. The molecule has 29 heavy (non-hydrogen) atoms. The van der Waals surface area contributed by atoms with Crippen LogP contribution < -0.4 is 4.90 Å². The molecule has 0 N–H and O–H groups in total. The van der Waals surface area contributed by atoms with Gasteiger partial charge in [0.1, 0.15) is 11.6 Å². The SMILES string of the molecule is CC1CCN(c2cc3c(cn2)N=C(Cc2nnc(-c4ccc(F)cc4)o2)C3)CC1. The van der Waals surface area contributed by atoms with Crippen molar-refractivity contribution < 1.29 is 8.81 Å². The van der Waals surface area contributed by atoms with Crippen LogP contribution in [0.2, 0.25) is 0 Å². The molecule has 0 saturated carbocycles. The van der Waals surface area contributed by atoms with Crippen molar-refractivity contribution in [2.75, 3.05) is 18.0 Å². The lowest BCUT2D eigenvalue weighted by molar-refractivity contribution is 0.436. The van der Waals surface area contributed by atoms with Crippen molar-refractivity contribution in [2.45, 2.75) is 32.6 Å². The maximum atomic E-state index is 13.1. The first-order chi connectivity index (χ1) is 14.1. The number of pyridine rings is 1. The van der Waals surface area contributed by atoms with Gasteiger partial charge in [-0.05, 0) is 54.7 Å². The second-order valence-electron chi connectivity index (χ2n) is 7.88. The molecule has 0 aliphatic carbocycles. The summed E-state index contributed by atoms with van der Waals surface area (Å²) in [5.74, 6) is 2.44. The maximum Gasteiger partial charge on any atom is 0.247 e. The van der Waals surface area contributed by atoms with E-state index in [2.05, 4.69) is 33.1 Å². The zero-order chi connectivity index (χ0) is 19.8. The number of hydrogen-bond donors (Lipinski definition) is 0. The highest BCUT2D eigenvalue weighted by molar-refractivity contribution is 5.95. The molecular weight excluding hydrogens is 369 g/mol. The minimum absolute atomic E-state index is 0.293. The van der Waals surface area contributed by atoms with Gasteiger partial charge in [-0.25, -0.2) is 9.37 Å².